The lowest BCUT2D eigenvalue weighted by molar-refractivity contribution is 0.0750. The number of hydrogen-bond donors (Lipinski definition) is 1. The third kappa shape index (κ3) is 4.95. The summed E-state index contributed by atoms with van der Waals surface area (Å²) in [6, 6.07) is 6.06. The molecule has 1 atom stereocenters. The van der Waals surface area contributed by atoms with Crippen LogP contribution in [0.5, 0.6) is 11.5 Å². The van der Waals surface area contributed by atoms with Crippen molar-refractivity contribution in [3.8, 4) is 11.5 Å². The molecular formula is C23H31N3O3S. The largest absolute Gasteiger partial charge is 0.493 e. The highest BCUT2D eigenvalue weighted by molar-refractivity contribution is 7.09. The van der Waals surface area contributed by atoms with Crippen LogP contribution >= 0.6 is 11.3 Å². The van der Waals surface area contributed by atoms with Gasteiger partial charge in [0.1, 0.15) is 11.1 Å². The number of nitrogens with zero attached hydrogens (tertiary/aromatic N) is 2. The first-order chi connectivity index (χ1) is 14.6. The Morgan fingerprint density at radius 1 is 1.20 bits per heavy atom. The van der Waals surface area contributed by atoms with Gasteiger partial charge in [0.05, 0.1) is 13.2 Å². The Hall–Kier alpha value is -2.12. The van der Waals surface area contributed by atoms with E-state index < -0.39 is 0 Å². The Morgan fingerprint density at radius 2 is 1.97 bits per heavy atom. The zero-order valence-corrected chi connectivity index (χ0v) is 18.6. The van der Waals surface area contributed by atoms with E-state index in [1.54, 1.807) is 25.4 Å². The standard InChI is InChI=1S/C23H31N3O3S/c1-16(23-24-11-14-30-23)25-22(27)17-7-8-20(21(15-17)28-2)29-19-9-12-26(13-10-19)18-5-3-4-6-18/h7-8,11,14-16,18-19H,3-6,9-10,12-13H2,1-2H3,(H,25,27)/t16-/m0/s1. The van der Waals surface area contributed by atoms with Gasteiger partial charge < -0.3 is 19.7 Å². The molecule has 0 spiro atoms. The summed E-state index contributed by atoms with van der Waals surface area (Å²) in [7, 11) is 1.62. The quantitative estimate of drug-likeness (QED) is 0.705. The van der Waals surface area contributed by atoms with E-state index in [1.165, 1.54) is 37.0 Å². The molecular weight excluding hydrogens is 398 g/mol. The maximum atomic E-state index is 12.6. The zero-order valence-electron chi connectivity index (χ0n) is 17.8. The van der Waals surface area contributed by atoms with Crippen molar-refractivity contribution in [3.05, 3.63) is 40.3 Å². The highest BCUT2D eigenvalue weighted by Gasteiger charge is 2.28. The van der Waals surface area contributed by atoms with E-state index in [2.05, 4.69) is 15.2 Å². The molecule has 0 unspecified atom stereocenters. The molecule has 1 aliphatic carbocycles. The van der Waals surface area contributed by atoms with Crippen molar-refractivity contribution in [3.63, 3.8) is 0 Å². The predicted octanol–water partition coefficient (Wildman–Crippen LogP) is 4.43. The molecule has 1 N–H and O–H groups in total. The summed E-state index contributed by atoms with van der Waals surface area (Å²) in [4.78, 5) is 19.5. The molecule has 1 aromatic heterocycles. The van der Waals surface area contributed by atoms with Crippen molar-refractivity contribution < 1.29 is 14.3 Å². The summed E-state index contributed by atoms with van der Waals surface area (Å²) in [5.74, 6) is 1.16. The highest BCUT2D eigenvalue weighted by atomic mass is 32.1. The molecule has 4 rings (SSSR count). The third-order valence-electron chi connectivity index (χ3n) is 6.21. The second kappa shape index (κ2) is 9.79. The second-order valence-corrected chi connectivity index (χ2v) is 9.15. The third-order valence-corrected chi connectivity index (χ3v) is 7.16. The van der Waals surface area contributed by atoms with E-state index in [9.17, 15) is 4.79 Å². The van der Waals surface area contributed by atoms with Crippen LogP contribution in [0, 0.1) is 0 Å². The van der Waals surface area contributed by atoms with Crippen LogP contribution in [0.4, 0.5) is 0 Å². The normalized spacial score (nSPS) is 19.5. The Balaban J connectivity index is 1.35. The van der Waals surface area contributed by atoms with E-state index >= 15 is 0 Å². The van der Waals surface area contributed by atoms with Crippen LogP contribution < -0.4 is 14.8 Å². The van der Waals surface area contributed by atoms with Crippen molar-refractivity contribution in [1.29, 1.82) is 0 Å². The molecule has 30 heavy (non-hydrogen) atoms. The Bertz CT molecular complexity index is 828. The molecule has 162 valence electrons. The van der Waals surface area contributed by atoms with Crippen molar-refractivity contribution in [2.75, 3.05) is 20.2 Å². The maximum absolute atomic E-state index is 12.6. The topological polar surface area (TPSA) is 63.7 Å². The molecule has 2 aromatic rings. The molecule has 1 saturated carbocycles. The number of methoxy groups -OCH3 is 1. The van der Waals surface area contributed by atoms with E-state index in [-0.39, 0.29) is 18.1 Å². The average molecular weight is 430 g/mol. The number of piperidine rings is 1. The molecule has 2 heterocycles. The SMILES string of the molecule is COc1cc(C(=O)N[C@@H](C)c2nccs2)ccc1OC1CCN(C2CCCC2)CC1. The molecule has 2 aliphatic rings. The Labute approximate surface area is 182 Å². The minimum absolute atomic E-state index is 0.135. The molecule has 2 fully saturated rings. The van der Waals surface area contributed by atoms with Gasteiger partial charge in [-0.1, -0.05) is 12.8 Å². The van der Waals surface area contributed by atoms with E-state index in [0.29, 0.717) is 17.1 Å². The smallest absolute Gasteiger partial charge is 0.251 e. The van der Waals surface area contributed by atoms with Gasteiger partial charge in [0, 0.05) is 36.3 Å². The number of hydrogen-bond acceptors (Lipinski definition) is 6. The van der Waals surface area contributed by atoms with Gasteiger partial charge in [-0.2, -0.15) is 0 Å². The van der Waals surface area contributed by atoms with Crippen LogP contribution in [0.3, 0.4) is 0 Å². The van der Waals surface area contributed by atoms with Gasteiger partial charge in [-0.25, -0.2) is 4.98 Å². The van der Waals surface area contributed by atoms with Crippen LogP contribution in [0.15, 0.2) is 29.8 Å². The summed E-state index contributed by atoms with van der Waals surface area (Å²) in [5.41, 5.74) is 0.554. The van der Waals surface area contributed by atoms with Gasteiger partial charge in [0.2, 0.25) is 0 Å². The van der Waals surface area contributed by atoms with Gasteiger partial charge in [-0.05, 0) is 50.8 Å². The first-order valence-electron chi connectivity index (χ1n) is 10.9. The lowest BCUT2D eigenvalue weighted by Gasteiger charge is -2.36. The Morgan fingerprint density at radius 3 is 2.63 bits per heavy atom. The van der Waals surface area contributed by atoms with E-state index in [0.717, 1.165) is 37.0 Å². The summed E-state index contributed by atoms with van der Waals surface area (Å²) in [6.07, 6.45) is 9.47. The number of carbonyl (C=O) groups excluding carboxylic acids is 1. The lowest BCUT2D eigenvalue weighted by Crippen LogP contribution is -2.43. The monoisotopic (exact) mass is 429 g/mol. The van der Waals surface area contributed by atoms with Crippen LogP contribution in [0.1, 0.15) is 66.9 Å². The zero-order chi connectivity index (χ0) is 20.9. The van der Waals surface area contributed by atoms with Crippen molar-refractivity contribution in [2.45, 2.75) is 63.6 Å². The number of carbonyl (C=O) groups is 1. The fraction of sp³-hybridized carbons (Fsp3) is 0.565. The molecule has 1 saturated heterocycles. The summed E-state index contributed by atoms with van der Waals surface area (Å²) < 4.78 is 11.8. The Kier molecular flexibility index (Phi) is 6.89. The number of aromatic nitrogens is 1. The van der Waals surface area contributed by atoms with Crippen LogP contribution in [-0.2, 0) is 0 Å². The van der Waals surface area contributed by atoms with Gasteiger partial charge in [-0.3, -0.25) is 4.79 Å². The minimum Gasteiger partial charge on any atom is -0.493 e. The minimum atomic E-state index is -0.146. The molecule has 1 amide bonds. The van der Waals surface area contributed by atoms with Gasteiger partial charge >= 0.3 is 0 Å². The van der Waals surface area contributed by atoms with Crippen LogP contribution in [0.2, 0.25) is 0 Å². The van der Waals surface area contributed by atoms with Crippen molar-refractivity contribution in [2.24, 2.45) is 0 Å². The second-order valence-electron chi connectivity index (χ2n) is 8.22. The fourth-order valence-electron chi connectivity index (χ4n) is 4.50. The molecule has 1 aliphatic heterocycles. The van der Waals surface area contributed by atoms with E-state index in [1.807, 2.05) is 18.4 Å². The van der Waals surface area contributed by atoms with Crippen molar-refractivity contribution in [1.82, 2.24) is 15.2 Å². The number of benzene rings is 1. The van der Waals surface area contributed by atoms with E-state index in [4.69, 9.17) is 9.47 Å². The average Bonchev–Trinajstić information content (AvgIpc) is 3.49. The van der Waals surface area contributed by atoms with Crippen LogP contribution in [-0.4, -0.2) is 48.1 Å². The predicted molar refractivity (Wildman–Crippen MR) is 118 cm³/mol. The molecule has 6 nitrogen and oxygen atoms in total. The maximum Gasteiger partial charge on any atom is 0.251 e. The molecule has 1 aromatic carbocycles. The fourth-order valence-corrected chi connectivity index (χ4v) is 5.15. The van der Waals surface area contributed by atoms with Gasteiger partial charge in [0.25, 0.3) is 5.91 Å². The summed E-state index contributed by atoms with van der Waals surface area (Å²) in [5, 5.41) is 5.79. The number of amides is 1. The molecule has 0 bridgehead atoms. The summed E-state index contributed by atoms with van der Waals surface area (Å²) >= 11 is 1.53. The number of likely N-dealkylation sites (tertiary alicyclic amines) is 1. The van der Waals surface area contributed by atoms with Crippen molar-refractivity contribution >= 4 is 17.2 Å². The number of thiazole rings is 1. The number of nitrogens with one attached hydrogen (secondary N) is 1. The first kappa shape index (κ1) is 21.1. The molecule has 0 radical (unpaired) electrons. The highest BCUT2D eigenvalue weighted by Crippen LogP contribution is 2.32. The first-order valence-corrected chi connectivity index (χ1v) is 11.8. The van der Waals surface area contributed by atoms with Gasteiger partial charge in [-0.15, -0.1) is 11.3 Å². The molecule has 7 heteroatoms. The lowest BCUT2D eigenvalue weighted by atomic mass is 10.0. The number of ether oxygens (including phenoxy) is 2. The number of rotatable bonds is 7. The van der Waals surface area contributed by atoms with Gasteiger partial charge in [0.15, 0.2) is 11.5 Å². The van der Waals surface area contributed by atoms with Crippen LogP contribution in [0.25, 0.3) is 0 Å². The summed E-state index contributed by atoms with van der Waals surface area (Å²) in [6.45, 7) is 4.14.